The lowest BCUT2D eigenvalue weighted by molar-refractivity contribution is -0.125. The van der Waals surface area contributed by atoms with Crippen LogP contribution < -0.4 is 10.6 Å². The maximum atomic E-state index is 12.3. The summed E-state index contributed by atoms with van der Waals surface area (Å²) < 4.78 is 5.79. The minimum absolute atomic E-state index is 0.135. The van der Waals surface area contributed by atoms with Gasteiger partial charge in [-0.3, -0.25) is 19.6 Å². The highest BCUT2D eigenvalue weighted by atomic mass is 16.5. The number of carbonyl (C=O) groups excluding carboxylic acids is 2. The third kappa shape index (κ3) is 6.20. The van der Waals surface area contributed by atoms with E-state index in [-0.39, 0.29) is 24.8 Å². The van der Waals surface area contributed by atoms with Crippen LogP contribution in [0.3, 0.4) is 0 Å². The highest BCUT2D eigenvalue weighted by Gasteiger charge is 2.29. The number of aliphatic hydroxyl groups is 1. The summed E-state index contributed by atoms with van der Waals surface area (Å²) in [7, 11) is 0. The summed E-state index contributed by atoms with van der Waals surface area (Å²) in [5.41, 5.74) is 1.57. The number of hydrogen-bond acceptors (Lipinski definition) is 6. The Labute approximate surface area is 169 Å². The molecule has 0 radical (unpaired) electrons. The number of hydrogen-bond donors (Lipinski definition) is 3. The molecular formula is C21H24N4O4. The molecule has 0 fully saturated rings. The standard InChI is InChI=1S/C21H24N4O4/c26-14-19-18(25-21(28)16-6-10-23-11-7-16)2-1-17(29-19)13-20(27)24-12-5-15-3-8-22-9-4-15/h1-4,6-11,17-19,26H,5,12-14H2,(H,24,27)(H,25,28)/t17-,18-,19+/m1/s1. The second kappa shape index (κ2) is 10.4. The van der Waals surface area contributed by atoms with Crippen LogP contribution in [0.5, 0.6) is 0 Å². The van der Waals surface area contributed by atoms with Crippen molar-refractivity contribution in [2.75, 3.05) is 13.2 Å². The van der Waals surface area contributed by atoms with Gasteiger partial charge < -0.3 is 20.5 Å². The average Bonchev–Trinajstić information content (AvgIpc) is 2.76. The molecule has 0 unspecified atom stereocenters. The van der Waals surface area contributed by atoms with Crippen LogP contribution in [0, 0.1) is 0 Å². The minimum atomic E-state index is -0.625. The molecular weight excluding hydrogens is 372 g/mol. The number of carbonyl (C=O) groups is 2. The molecule has 0 aromatic carbocycles. The molecule has 0 aliphatic carbocycles. The zero-order chi connectivity index (χ0) is 20.5. The van der Waals surface area contributed by atoms with Crippen LogP contribution in [-0.2, 0) is 16.0 Å². The van der Waals surface area contributed by atoms with E-state index >= 15 is 0 Å². The van der Waals surface area contributed by atoms with Gasteiger partial charge in [0.25, 0.3) is 5.91 Å². The fraction of sp³-hybridized carbons (Fsp3) is 0.333. The van der Waals surface area contributed by atoms with E-state index in [1.807, 2.05) is 12.1 Å². The zero-order valence-electron chi connectivity index (χ0n) is 15.9. The van der Waals surface area contributed by atoms with Gasteiger partial charge >= 0.3 is 0 Å². The van der Waals surface area contributed by atoms with E-state index in [9.17, 15) is 14.7 Å². The molecule has 2 amide bonds. The smallest absolute Gasteiger partial charge is 0.251 e. The van der Waals surface area contributed by atoms with Gasteiger partial charge in [0.1, 0.15) is 6.10 Å². The van der Waals surface area contributed by atoms with Crippen LogP contribution in [-0.4, -0.2) is 58.3 Å². The second-order valence-corrected chi connectivity index (χ2v) is 6.68. The van der Waals surface area contributed by atoms with Crippen molar-refractivity contribution in [3.8, 4) is 0 Å². The number of nitrogens with zero attached hydrogens (tertiary/aromatic N) is 2. The van der Waals surface area contributed by atoms with Gasteiger partial charge in [0, 0.05) is 36.9 Å². The van der Waals surface area contributed by atoms with Crippen molar-refractivity contribution in [3.63, 3.8) is 0 Å². The van der Waals surface area contributed by atoms with Crippen molar-refractivity contribution >= 4 is 11.8 Å². The number of pyridine rings is 2. The lowest BCUT2D eigenvalue weighted by atomic mass is 10.0. The van der Waals surface area contributed by atoms with Crippen LogP contribution in [0.25, 0.3) is 0 Å². The minimum Gasteiger partial charge on any atom is -0.394 e. The summed E-state index contributed by atoms with van der Waals surface area (Å²) in [4.78, 5) is 32.3. The summed E-state index contributed by atoms with van der Waals surface area (Å²) in [5.74, 6) is -0.416. The van der Waals surface area contributed by atoms with E-state index in [1.54, 1.807) is 36.7 Å². The van der Waals surface area contributed by atoms with E-state index in [4.69, 9.17) is 4.74 Å². The second-order valence-electron chi connectivity index (χ2n) is 6.68. The van der Waals surface area contributed by atoms with Crippen molar-refractivity contribution in [3.05, 3.63) is 72.3 Å². The fourth-order valence-corrected chi connectivity index (χ4v) is 3.02. The highest BCUT2D eigenvalue weighted by Crippen LogP contribution is 2.16. The van der Waals surface area contributed by atoms with E-state index < -0.39 is 18.2 Å². The first-order valence-corrected chi connectivity index (χ1v) is 9.47. The Bertz CT molecular complexity index is 829. The van der Waals surface area contributed by atoms with Crippen molar-refractivity contribution in [1.29, 1.82) is 0 Å². The lowest BCUT2D eigenvalue weighted by Crippen LogP contribution is -2.49. The molecule has 2 aromatic rings. The van der Waals surface area contributed by atoms with Crippen LogP contribution in [0.15, 0.2) is 61.2 Å². The number of ether oxygens (including phenoxy) is 1. The largest absolute Gasteiger partial charge is 0.394 e. The van der Waals surface area contributed by atoms with Gasteiger partial charge in [-0.2, -0.15) is 0 Å². The molecule has 1 aliphatic rings. The molecule has 29 heavy (non-hydrogen) atoms. The lowest BCUT2D eigenvalue weighted by Gasteiger charge is -2.31. The fourth-order valence-electron chi connectivity index (χ4n) is 3.02. The van der Waals surface area contributed by atoms with Crippen LogP contribution in [0.4, 0.5) is 0 Å². The van der Waals surface area contributed by atoms with Crippen molar-refractivity contribution in [1.82, 2.24) is 20.6 Å². The van der Waals surface area contributed by atoms with Gasteiger partial charge in [0.15, 0.2) is 0 Å². The first kappa shape index (κ1) is 20.6. The van der Waals surface area contributed by atoms with E-state index in [2.05, 4.69) is 20.6 Å². The Balaban J connectivity index is 1.47. The zero-order valence-corrected chi connectivity index (χ0v) is 15.9. The number of aliphatic hydroxyl groups excluding tert-OH is 1. The number of aromatic nitrogens is 2. The van der Waals surface area contributed by atoms with E-state index in [0.29, 0.717) is 12.1 Å². The molecule has 152 valence electrons. The molecule has 3 rings (SSSR count). The molecule has 1 aliphatic heterocycles. The highest BCUT2D eigenvalue weighted by molar-refractivity contribution is 5.94. The van der Waals surface area contributed by atoms with E-state index in [0.717, 1.165) is 12.0 Å². The van der Waals surface area contributed by atoms with Gasteiger partial charge in [-0.15, -0.1) is 0 Å². The average molecular weight is 396 g/mol. The maximum absolute atomic E-state index is 12.3. The van der Waals surface area contributed by atoms with Crippen molar-refractivity contribution in [2.45, 2.75) is 31.1 Å². The normalized spacial score (nSPS) is 20.8. The number of rotatable bonds is 8. The van der Waals surface area contributed by atoms with Crippen LogP contribution >= 0.6 is 0 Å². The Morgan fingerprint density at radius 1 is 1.03 bits per heavy atom. The van der Waals surface area contributed by atoms with Gasteiger partial charge in [0.05, 0.1) is 25.2 Å². The Hall–Kier alpha value is -3.10. The summed E-state index contributed by atoms with van der Waals surface area (Å²) in [5, 5.41) is 15.3. The molecule has 0 saturated heterocycles. The predicted octanol–water partition coefficient (Wildman–Crippen LogP) is 0.640. The molecule has 3 heterocycles. The van der Waals surface area contributed by atoms with Crippen LogP contribution in [0.1, 0.15) is 22.3 Å². The molecule has 3 atom stereocenters. The first-order valence-electron chi connectivity index (χ1n) is 9.47. The van der Waals surface area contributed by atoms with Crippen molar-refractivity contribution < 1.29 is 19.4 Å². The molecule has 0 saturated carbocycles. The monoisotopic (exact) mass is 396 g/mol. The Morgan fingerprint density at radius 3 is 2.41 bits per heavy atom. The summed E-state index contributed by atoms with van der Waals surface area (Å²) in [6.07, 6.45) is 9.80. The number of amides is 2. The molecule has 8 nitrogen and oxygen atoms in total. The number of nitrogens with one attached hydrogen (secondary N) is 2. The Morgan fingerprint density at radius 2 is 1.72 bits per heavy atom. The van der Waals surface area contributed by atoms with Gasteiger partial charge in [0.2, 0.25) is 5.91 Å². The topological polar surface area (TPSA) is 113 Å². The third-order valence-electron chi connectivity index (χ3n) is 4.58. The van der Waals surface area contributed by atoms with Crippen LogP contribution in [0.2, 0.25) is 0 Å². The molecule has 2 aromatic heterocycles. The molecule has 8 heteroatoms. The maximum Gasteiger partial charge on any atom is 0.251 e. The molecule has 0 spiro atoms. The summed E-state index contributed by atoms with van der Waals surface area (Å²) >= 11 is 0. The van der Waals surface area contributed by atoms with Crippen molar-refractivity contribution in [2.24, 2.45) is 0 Å². The summed E-state index contributed by atoms with van der Waals surface area (Å²) in [6, 6.07) is 6.55. The van der Waals surface area contributed by atoms with Gasteiger partial charge in [-0.05, 0) is 36.2 Å². The summed E-state index contributed by atoms with van der Waals surface area (Å²) in [6.45, 7) is 0.249. The predicted molar refractivity (Wildman–Crippen MR) is 106 cm³/mol. The third-order valence-corrected chi connectivity index (χ3v) is 4.58. The quantitative estimate of drug-likeness (QED) is 0.565. The van der Waals surface area contributed by atoms with E-state index in [1.165, 1.54) is 12.4 Å². The SMILES string of the molecule is O=C(C[C@H]1C=C[C@@H](NC(=O)c2ccncc2)[C@H](CO)O1)NCCc1ccncc1. The molecule has 0 bridgehead atoms. The first-order chi connectivity index (χ1) is 14.2. The van der Waals surface area contributed by atoms with Gasteiger partial charge in [-0.25, -0.2) is 0 Å². The Kier molecular flexibility index (Phi) is 7.43. The molecule has 3 N–H and O–H groups in total. The van der Waals surface area contributed by atoms with Gasteiger partial charge in [-0.1, -0.05) is 12.2 Å².